The van der Waals surface area contributed by atoms with Gasteiger partial charge in [0, 0.05) is 11.4 Å². The van der Waals surface area contributed by atoms with Crippen LogP contribution in [0, 0.1) is 0 Å². The van der Waals surface area contributed by atoms with Crippen LogP contribution in [0.25, 0.3) is 0 Å². The first-order chi connectivity index (χ1) is 13.4. The highest BCUT2D eigenvalue weighted by molar-refractivity contribution is 7.92. The van der Waals surface area contributed by atoms with Gasteiger partial charge in [0.1, 0.15) is 11.5 Å². The summed E-state index contributed by atoms with van der Waals surface area (Å²) in [4.78, 5) is 11.9. The van der Waals surface area contributed by atoms with Gasteiger partial charge in [-0.1, -0.05) is 11.6 Å². The molecule has 3 rings (SSSR count). The van der Waals surface area contributed by atoms with Gasteiger partial charge in [-0.2, -0.15) is 0 Å². The number of halogens is 1. The van der Waals surface area contributed by atoms with Gasteiger partial charge in [0.05, 0.1) is 9.64 Å². The van der Waals surface area contributed by atoms with E-state index in [9.17, 15) is 13.2 Å². The lowest BCUT2D eigenvalue weighted by molar-refractivity contribution is -0.130. The monoisotopic (exact) mass is 424 g/mol. The minimum absolute atomic E-state index is 0.114. The number of hydroxylamine groups is 1. The second kappa shape index (κ2) is 8.48. The summed E-state index contributed by atoms with van der Waals surface area (Å²) >= 11 is 5.85. The molecule has 0 aromatic heterocycles. The zero-order chi connectivity index (χ0) is 20.2. The van der Waals surface area contributed by atoms with Crippen molar-refractivity contribution in [1.29, 1.82) is 0 Å². The highest BCUT2D eigenvalue weighted by atomic mass is 35.5. The first-order valence-corrected chi connectivity index (χ1v) is 10.6. The minimum atomic E-state index is -3.81. The van der Waals surface area contributed by atoms with E-state index in [1.54, 1.807) is 41.9 Å². The van der Waals surface area contributed by atoms with E-state index in [-0.39, 0.29) is 24.2 Å². The SMILES string of the molecule is O=C(CC1(S(=O)(=O)c2ccc(Oc3ccc(Cl)cc3)cc2)CCNCC1)NO. The van der Waals surface area contributed by atoms with Gasteiger partial charge in [0.2, 0.25) is 5.91 Å². The Morgan fingerprint density at radius 1 is 1.07 bits per heavy atom. The fraction of sp³-hybridized carbons (Fsp3) is 0.316. The molecule has 9 heteroatoms. The number of carbonyl (C=O) groups excluding carboxylic acids is 1. The summed E-state index contributed by atoms with van der Waals surface area (Å²) in [6, 6.07) is 12.9. The van der Waals surface area contributed by atoms with Crippen LogP contribution in [0.3, 0.4) is 0 Å². The van der Waals surface area contributed by atoms with Crippen LogP contribution in [0.15, 0.2) is 53.4 Å². The summed E-state index contributed by atoms with van der Waals surface area (Å²) in [5.41, 5.74) is 1.55. The number of carbonyl (C=O) groups is 1. The van der Waals surface area contributed by atoms with Gasteiger partial charge in [-0.15, -0.1) is 0 Å². The van der Waals surface area contributed by atoms with Crippen LogP contribution >= 0.6 is 11.6 Å². The average molecular weight is 425 g/mol. The van der Waals surface area contributed by atoms with Gasteiger partial charge in [-0.25, -0.2) is 13.9 Å². The quantitative estimate of drug-likeness (QED) is 0.486. The van der Waals surface area contributed by atoms with Crippen molar-refractivity contribution in [2.45, 2.75) is 28.9 Å². The largest absolute Gasteiger partial charge is 0.457 e. The number of hydrogen-bond donors (Lipinski definition) is 3. The number of amides is 1. The van der Waals surface area contributed by atoms with Crippen molar-refractivity contribution >= 4 is 27.3 Å². The van der Waals surface area contributed by atoms with Gasteiger partial charge in [-0.3, -0.25) is 10.0 Å². The molecular formula is C19H21ClN2O5S. The summed E-state index contributed by atoms with van der Waals surface area (Å²) < 4.78 is 31.1. The van der Waals surface area contributed by atoms with Gasteiger partial charge in [-0.05, 0) is 74.5 Å². The van der Waals surface area contributed by atoms with Crippen LogP contribution in [-0.4, -0.2) is 37.4 Å². The van der Waals surface area contributed by atoms with E-state index in [4.69, 9.17) is 21.5 Å². The molecule has 28 heavy (non-hydrogen) atoms. The molecule has 2 aromatic carbocycles. The van der Waals surface area contributed by atoms with Crippen molar-refractivity contribution in [3.8, 4) is 11.5 Å². The standard InChI is InChI=1S/C19H21ClN2O5S/c20-14-1-3-15(4-2-14)27-16-5-7-17(8-6-16)28(25,26)19(13-18(23)22-24)9-11-21-12-10-19/h1-8,21,24H,9-13H2,(H,22,23). The summed E-state index contributed by atoms with van der Waals surface area (Å²) in [5.74, 6) is 0.344. The molecule has 0 atom stereocenters. The molecule has 0 spiro atoms. The Labute approximate surface area is 168 Å². The second-order valence-electron chi connectivity index (χ2n) is 6.68. The highest BCUT2D eigenvalue weighted by Crippen LogP contribution is 2.37. The molecule has 0 bridgehead atoms. The number of hydrogen-bond acceptors (Lipinski definition) is 6. The molecule has 0 unspecified atom stereocenters. The lowest BCUT2D eigenvalue weighted by Crippen LogP contribution is -2.50. The first kappa shape index (κ1) is 20.6. The third-order valence-corrected chi connectivity index (χ3v) is 7.71. The van der Waals surface area contributed by atoms with E-state index >= 15 is 0 Å². The summed E-state index contributed by atoms with van der Waals surface area (Å²) in [5, 5.41) is 12.6. The Kier molecular flexibility index (Phi) is 6.24. The zero-order valence-electron chi connectivity index (χ0n) is 15.0. The number of ether oxygens (including phenoxy) is 1. The molecule has 150 valence electrons. The van der Waals surface area contributed by atoms with Crippen LogP contribution < -0.4 is 15.5 Å². The van der Waals surface area contributed by atoms with Crippen molar-refractivity contribution < 1.29 is 23.2 Å². The fourth-order valence-corrected chi connectivity index (χ4v) is 5.51. The van der Waals surface area contributed by atoms with Crippen LogP contribution in [0.4, 0.5) is 0 Å². The molecule has 0 saturated carbocycles. The number of nitrogens with one attached hydrogen (secondary N) is 2. The normalized spacial score (nSPS) is 16.4. The van der Waals surface area contributed by atoms with Crippen LogP contribution in [-0.2, 0) is 14.6 Å². The van der Waals surface area contributed by atoms with Crippen molar-refractivity contribution in [1.82, 2.24) is 10.8 Å². The maximum Gasteiger partial charge on any atom is 0.244 e. The first-order valence-electron chi connectivity index (χ1n) is 8.78. The Balaban J connectivity index is 1.85. The Hall–Kier alpha value is -2.13. The molecule has 1 aliphatic rings. The molecule has 7 nitrogen and oxygen atoms in total. The number of rotatable bonds is 6. The second-order valence-corrected chi connectivity index (χ2v) is 9.46. The molecule has 1 heterocycles. The minimum Gasteiger partial charge on any atom is -0.457 e. The molecular weight excluding hydrogens is 404 g/mol. The Morgan fingerprint density at radius 3 is 2.14 bits per heavy atom. The predicted octanol–water partition coefficient (Wildman–Crippen LogP) is 2.92. The third-order valence-electron chi connectivity index (χ3n) is 4.88. The number of piperidine rings is 1. The van der Waals surface area contributed by atoms with Crippen molar-refractivity contribution in [2.75, 3.05) is 13.1 Å². The summed E-state index contributed by atoms with van der Waals surface area (Å²) in [6.45, 7) is 0.964. The molecule has 0 radical (unpaired) electrons. The molecule has 1 fully saturated rings. The lowest BCUT2D eigenvalue weighted by atomic mass is 9.93. The maximum absolute atomic E-state index is 13.3. The Morgan fingerprint density at radius 2 is 1.61 bits per heavy atom. The van der Waals surface area contributed by atoms with Crippen molar-refractivity contribution in [2.24, 2.45) is 0 Å². The molecule has 1 amide bonds. The summed E-state index contributed by atoms with van der Waals surface area (Å²) in [6.07, 6.45) is 0.272. The topological polar surface area (TPSA) is 105 Å². The smallest absolute Gasteiger partial charge is 0.244 e. The van der Waals surface area contributed by atoms with E-state index in [1.807, 2.05) is 0 Å². The zero-order valence-corrected chi connectivity index (χ0v) is 16.6. The molecule has 2 aromatic rings. The van der Waals surface area contributed by atoms with Gasteiger partial charge < -0.3 is 10.1 Å². The van der Waals surface area contributed by atoms with E-state index in [2.05, 4.69) is 5.32 Å². The maximum atomic E-state index is 13.3. The fourth-order valence-electron chi connectivity index (χ4n) is 3.33. The van der Waals surface area contributed by atoms with E-state index in [0.717, 1.165) is 0 Å². The van der Waals surface area contributed by atoms with Crippen molar-refractivity contribution in [3.63, 3.8) is 0 Å². The van der Waals surface area contributed by atoms with Crippen LogP contribution in [0.2, 0.25) is 5.02 Å². The molecule has 0 aliphatic carbocycles. The van der Waals surface area contributed by atoms with Gasteiger partial charge >= 0.3 is 0 Å². The third kappa shape index (κ3) is 4.30. The molecule has 1 saturated heterocycles. The highest BCUT2D eigenvalue weighted by Gasteiger charge is 2.46. The lowest BCUT2D eigenvalue weighted by Gasteiger charge is -2.36. The van der Waals surface area contributed by atoms with E-state index < -0.39 is 20.5 Å². The summed E-state index contributed by atoms with van der Waals surface area (Å²) in [7, 11) is -3.81. The van der Waals surface area contributed by atoms with Crippen LogP contribution in [0.1, 0.15) is 19.3 Å². The van der Waals surface area contributed by atoms with Gasteiger partial charge in [0.25, 0.3) is 0 Å². The molecule has 3 N–H and O–H groups in total. The van der Waals surface area contributed by atoms with Crippen molar-refractivity contribution in [3.05, 3.63) is 53.6 Å². The van der Waals surface area contributed by atoms with E-state index in [0.29, 0.717) is 29.6 Å². The Bertz CT molecular complexity index is 924. The van der Waals surface area contributed by atoms with Gasteiger partial charge in [0.15, 0.2) is 9.84 Å². The number of sulfone groups is 1. The van der Waals surface area contributed by atoms with Crippen LogP contribution in [0.5, 0.6) is 11.5 Å². The average Bonchev–Trinajstić information content (AvgIpc) is 2.70. The molecule has 1 aliphatic heterocycles. The number of benzene rings is 2. The van der Waals surface area contributed by atoms with E-state index in [1.165, 1.54) is 12.1 Å². The predicted molar refractivity (Wildman–Crippen MR) is 105 cm³/mol.